The van der Waals surface area contributed by atoms with Gasteiger partial charge < -0.3 is 15.7 Å². The molecule has 0 aromatic heterocycles. The van der Waals surface area contributed by atoms with Gasteiger partial charge in [0.1, 0.15) is 17.7 Å². The van der Waals surface area contributed by atoms with Crippen LogP contribution in [0, 0.1) is 11.6 Å². The van der Waals surface area contributed by atoms with Gasteiger partial charge in [0.2, 0.25) is 0 Å². The van der Waals surface area contributed by atoms with Crippen LogP contribution in [0.1, 0.15) is 12.5 Å². The smallest absolute Gasteiger partial charge is 0.325 e. The fraction of sp³-hybridized carbons (Fsp3) is 0.273. The quantitative estimate of drug-likeness (QED) is 0.760. The summed E-state index contributed by atoms with van der Waals surface area (Å²) in [5, 5.41) is 12.9. The molecule has 0 aliphatic carbocycles. The molecule has 0 saturated heterocycles. The number of carboxylic acids is 1. The fourth-order valence-corrected chi connectivity index (χ4v) is 1.16. The first-order valence-electron chi connectivity index (χ1n) is 5.11. The Kier molecular flexibility index (Phi) is 4.59. The Hall–Kier alpha value is -2.18. The molecule has 5 nitrogen and oxygen atoms in total. The molecule has 1 aromatic carbocycles. The molecule has 0 spiro atoms. The van der Waals surface area contributed by atoms with Gasteiger partial charge in [-0.3, -0.25) is 4.79 Å². The van der Waals surface area contributed by atoms with Gasteiger partial charge in [-0.2, -0.15) is 0 Å². The molecule has 0 heterocycles. The molecule has 0 aliphatic heterocycles. The predicted molar refractivity (Wildman–Crippen MR) is 58.8 cm³/mol. The number of amides is 2. The Bertz CT molecular complexity index is 466. The standard InChI is InChI=1S/C11H12F2N2O3/c1-6(10(16)17)15-11(18)14-5-7-4-8(12)2-3-9(7)13/h2-4,6H,5H2,1H3,(H,16,17)(H2,14,15,18). The molecule has 1 rings (SSSR count). The monoisotopic (exact) mass is 258 g/mol. The van der Waals surface area contributed by atoms with Crippen LogP contribution in [0.2, 0.25) is 0 Å². The minimum absolute atomic E-state index is 0.0203. The highest BCUT2D eigenvalue weighted by Crippen LogP contribution is 2.08. The van der Waals surface area contributed by atoms with Crippen molar-refractivity contribution in [3.8, 4) is 0 Å². The predicted octanol–water partition coefficient (Wildman–Crippen LogP) is 1.24. The molecular formula is C11H12F2N2O3. The first-order valence-corrected chi connectivity index (χ1v) is 5.11. The van der Waals surface area contributed by atoms with Gasteiger partial charge in [-0.15, -0.1) is 0 Å². The van der Waals surface area contributed by atoms with E-state index in [0.29, 0.717) is 0 Å². The normalized spacial score (nSPS) is 11.7. The summed E-state index contributed by atoms with van der Waals surface area (Å²) < 4.78 is 26.0. The highest BCUT2D eigenvalue weighted by molar-refractivity contribution is 5.82. The van der Waals surface area contributed by atoms with Gasteiger partial charge in [-0.25, -0.2) is 13.6 Å². The van der Waals surface area contributed by atoms with E-state index in [9.17, 15) is 18.4 Å². The van der Waals surface area contributed by atoms with Gasteiger partial charge in [0.05, 0.1) is 0 Å². The first kappa shape index (κ1) is 13.9. The lowest BCUT2D eigenvalue weighted by Crippen LogP contribution is -2.44. The molecule has 7 heteroatoms. The van der Waals surface area contributed by atoms with Crippen molar-refractivity contribution in [3.05, 3.63) is 35.4 Å². The van der Waals surface area contributed by atoms with Crippen molar-refractivity contribution in [2.24, 2.45) is 0 Å². The zero-order chi connectivity index (χ0) is 13.7. The van der Waals surface area contributed by atoms with Crippen LogP contribution < -0.4 is 10.6 Å². The summed E-state index contributed by atoms with van der Waals surface area (Å²) in [7, 11) is 0. The highest BCUT2D eigenvalue weighted by Gasteiger charge is 2.13. The zero-order valence-corrected chi connectivity index (χ0v) is 9.54. The summed E-state index contributed by atoms with van der Waals surface area (Å²) in [6, 6.07) is 1.03. The molecule has 3 N–H and O–H groups in total. The van der Waals surface area contributed by atoms with Crippen molar-refractivity contribution >= 4 is 12.0 Å². The van der Waals surface area contributed by atoms with Crippen molar-refractivity contribution in [1.29, 1.82) is 0 Å². The number of halogens is 2. The van der Waals surface area contributed by atoms with Gasteiger partial charge >= 0.3 is 12.0 Å². The molecule has 1 atom stereocenters. The highest BCUT2D eigenvalue weighted by atomic mass is 19.1. The Morgan fingerprint density at radius 1 is 1.39 bits per heavy atom. The van der Waals surface area contributed by atoms with E-state index < -0.39 is 29.7 Å². The largest absolute Gasteiger partial charge is 0.480 e. The SMILES string of the molecule is CC(NC(=O)NCc1cc(F)ccc1F)C(=O)O. The zero-order valence-electron chi connectivity index (χ0n) is 9.54. The van der Waals surface area contributed by atoms with E-state index in [1.807, 2.05) is 0 Å². The van der Waals surface area contributed by atoms with E-state index in [2.05, 4.69) is 10.6 Å². The van der Waals surface area contributed by atoms with Crippen LogP contribution in [-0.4, -0.2) is 23.1 Å². The Balaban J connectivity index is 2.52. The van der Waals surface area contributed by atoms with E-state index in [1.165, 1.54) is 6.92 Å². The number of nitrogens with one attached hydrogen (secondary N) is 2. The average Bonchev–Trinajstić information content (AvgIpc) is 2.30. The van der Waals surface area contributed by atoms with E-state index in [4.69, 9.17) is 5.11 Å². The van der Waals surface area contributed by atoms with Crippen molar-refractivity contribution in [2.45, 2.75) is 19.5 Å². The molecule has 1 unspecified atom stereocenters. The van der Waals surface area contributed by atoms with Crippen molar-refractivity contribution < 1.29 is 23.5 Å². The van der Waals surface area contributed by atoms with Gasteiger partial charge in [-0.05, 0) is 25.1 Å². The minimum atomic E-state index is -1.19. The summed E-state index contributed by atoms with van der Waals surface area (Å²) in [5.41, 5.74) is -0.0203. The molecular weight excluding hydrogens is 246 g/mol. The summed E-state index contributed by atoms with van der Waals surface area (Å²) in [6.45, 7) is 1.05. The van der Waals surface area contributed by atoms with E-state index >= 15 is 0 Å². The number of hydrogen-bond donors (Lipinski definition) is 3. The summed E-state index contributed by atoms with van der Waals surface area (Å²) in [4.78, 5) is 21.7. The maximum absolute atomic E-state index is 13.2. The number of aliphatic carboxylic acids is 1. The molecule has 0 saturated carbocycles. The van der Waals surface area contributed by atoms with Crippen LogP contribution in [0.4, 0.5) is 13.6 Å². The van der Waals surface area contributed by atoms with Crippen LogP contribution in [0.3, 0.4) is 0 Å². The summed E-state index contributed by atoms with van der Waals surface area (Å²) in [6.07, 6.45) is 0. The average molecular weight is 258 g/mol. The van der Waals surface area contributed by atoms with Gasteiger partial charge in [0, 0.05) is 12.1 Å². The number of rotatable bonds is 4. The van der Waals surface area contributed by atoms with Crippen molar-refractivity contribution in [2.75, 3.05) is 0 Å². The Morgan fingerprint density at radius 3 is 2.67 bits per heavy atom. The Morgan fingerprint density at radius 2 is 2.06 bits per heavy atom. The molecule has 0 bridgehead atoms. The second kappa shape index (κ2) is 5.95. The van der Waals surface area contributed by atoms with Crippen molar-refractivity contribution in [3.63, 3.8) is 0 Å². The van der Waals surface area contributed by atoms with Crippen LogP contribution in [0.15, 0.2) is 18.2 Å². The summed E-state index contributed by atoms with van der Waals surface area (Å²) in [5.74, 6) is -2.46. The van der Waals surface area contributed by atoms with Crippen LogP contribution in [-0.2, 0) is 11.3 Å². The van der Waals surface area contributed by atoms with E-state index in [1.54, 1.807) is 0 Å². The lowest BCUT2D eigenvalue weighted by molar-refractivity contribution is -0.138. The van der Waals surface area contributed by atoms with E-state index in [0.717, 1.165) is 18.2 Å². The van der Waals surface area contributed by atoms with Gasteiger partial charge in [0.25, 0.3) is 0 Å². The molecule has 18 heavy (non-hydrogen) atoms. The number of carbonyl (C=O) groups is 2. The van der Waals surface area contributed by atoms with E-state index in [-0.39, 0.29) is 12.1 Å². The molecule has 0 fully saturated rings. The number of urea groups is 1. The van der Waals surface area contributed by atoms with Crippen LogP contribution in [0.5, 0.6) is 0 Å². The molecule has 0 aliphatic rings. The third kappa shape index (κ3) is 4.00. The molecule has 98 valence electrons. The minimum Gasteiger partial charge on any atom is -0.480 e. The lowest BCUT2D eigenvalue weighted by Gasteiger charge is -2.11. The molecule has 2 amide bonds. The third-order valence-corrected chi connectivity index (χ3v) is 2.17. The van der Waals surface area contributed by atoms with Gasteiger partial charge in [0.15, 0.2) is 0 Å². The first-order chi connectivity index (χ1) is 8.40. The van der Waals surface area contributed by atoms with Crippen molar-refractivity contribution in [1.82, 2.24) is 10.6 Å². The van der Waals surface area contributed by atoms with Gasteiger partial charge in [-0.1, -0.05) is 0 Å². The lowest BCUT2D eigenvalue weighted by atomic mass is 10.2. The number of carbonyl (C=O) groups excluding carboxylic acids is 1. The molecule has 1 aromatic rings. The topological polar surface area (TPSA) is 78.4 Å². The maximum atomic E-state index is 13.2. The molecule has 0 radical (unpaired) electrons. The fourth-order valence-electron chi connectivity index (χ4n) is 1.16. The number of hydrogen-bond acceptors (Lipinski definition) is 2. The third-order valence-electron chi connectivity index (χ3n) is 2.17. The second-order valence-corrected chi connectivity index (χ2v) is 3.62. The second-order valence-electron chi connectivity index (χ2n) is 3.62. The number of benzene rings is 1. The Labute approximate surface area is 102 Å². The summed E-state index contributed by atoms with van der Waals surface area (Å²) >= 11 is 0. The van der Waals surface area contributed by atoms with Crippen LogP contribution in [0.25, 0.3) is 0 Å². The van der Waals surface area contributed by atoms with Crippen LogP contribution >= 0.6 is 0 Å². The maximum Gasteiger partial charge on any atom is 0.325 e. The number of carboxylic acid groups (broad SMARTS) is 1.